The zero-order chi connectivity index (χ0) is 15.1. The smallest absolute Gasteiger partial charge is 0.284 e. The number of H-pyrrole nitrogens is 1. The lowest BCUT2D eigenvalue weighted by Crippen LogP contribution is -2.15. The Hall–Kier alpha value is -3.08. The van der Waals surface area contributed by atoms with E-state index in [-0.39, 0.29) is 5.56 Å². The van der Waals surface area contributed by atoms with E-state index in [2.05, 4.69) is 10.1 Å². The van der Waals surface area contributed by atoms with Crippen LogP contribution < -0.4 is 5.56 Å². The average molecular weight is 291 g/mol. The van der Waals surface area contributed by atoms with Gasteiger partial charge in [0.1, 0.15) is 11.1 Å². The van der Waals surface area contributed by atoms with Crippen LogP contribution in [0.2, 0.25) is 0 Å². The first-order chi connectivity index (χ1) is 10.7. The first kappa shape index (κ1) is 12.6. The summed E-state index contributed by atoms with van der Waals surface area (Å²) >= 11 is 0. The van der Waals surface area contributed by atoms with Gasteiger partial charge in [-0.1, -0.05) is 30.3 Å². The van der Waals surface area contributed by atoms with E-state index in [1.807, 2.05) is 61.5 Å². The van der Waals surface area contributed by atoms with Crippen LogP contribution in [0.15, 0.2) is 63.8 Å². The quantitative estimate of drug-likeness (QED) is 0.616. The Labute approximate surface area is 125 Å². The van der Waals surface area contributed by atoms with Gasteiger partial charge in [0, 0.05) is 5.69 Å². The number of rotatable bonds is 2. The molecule has 0 amide bonds. The first-order valence-electron chi connectivity index (χ1n) is 6.97. The second kappa shape index (κ2) is 4.73. The zero-order valence-electron chi connectivity index (χ0n) is 11.9. The van der Waals surface area contributed by atoms with Gasteiger partial charge in [0.2, 0.25) is 5.89 Å². The minimum atomic E-state index is -0.171. The highest BCUT2D eigenvalue weighted by molar-refractivity contribution is 5.76. The lowest BCUT2D eigenvalue weighted by Gasteiger charge is -1.99. The molecule has 0 saturated heterocycles. The minimum Gasteiger partial charge on any atom is -0.436 e. The molecule has 2 heterocycles. The van der Waals surface area contributed by atoms with Crippen molar-refractivity contribution in [3.63, 3.8) is 0 Å². The van der Waals surface area contributed by atoms with E-state index in [1.165, 1.54) is 4.68 Å². The van der Waals surface area contributed by atoms with Gasteiger partial charge < -0.3 is 4.42 Å². The first-order valence-corrected chi connectivity index (χ1v) is 6.97. The summed E-state index contributed by atoms with van der Waals surface area (Å²) in [5, 5.41) is 3.08. The van der Waals surface area contributed by atoms with Crippen molar-refractivity contribution in [3.05, 3.63) is 70.6 Å². The molecule has 0 spiro atoms. The Kier molecular flexibility index (Phi) is 2.72. The Morgan fingerprint density at radius 2 is 1.77 bits per heavy atom. The average Bonchev–Trinajstić information content (AvgIpc) is 3.08. The molecule has 0 aliphatic rings. The second-order valence-electron chi connectivity index (χ2n) is 5.07. The number of hydrogen-bond acceptors (Lipinski definition) is 3. The van der Waals surface area contributed by atoms with Crippen molar-refractivity contribution in [2.24, 2.45) is 0 Å². The highest BCUT2D eigenvalue weighted by atomic mass is 16.3. The highest BCUT2D eigenvalue weighted by Gasteiger charge is 2.19. The van der Waals surface area contributed by atoms with E-state index in [0.717, 1.165) is 16.9 Å². The molecule has 0 atom stereocenters. The third kappa shape index (κ3) is 1.87. The summed E-state index contributed by atoms with van der Waals surface area (Å²) in [6.45, 7) is 1.84. The number of oxazole rings is 1. The van der Waals surface area contributed by atoms with Crippen molar-refractivity contribution in [3.8, 4) is 17.1 Å². The molecule has 0 fully saturated rings. The number of aromatic amines is 1. The number of aryl methyl sites for hydroxylation is 1. The summed E-state index contributed by atoms with van der Waals surface area (Å²) in [5.74, 6) is 0.342. The van der Waals surface area contributed by atoms with Crippen molar-refractivity contribution < 1.29 is 4.42 Å². The SMILES string of the molecule is Cc1[nH]n(-c2ccccc2)c(=O)c1-c1nc2ccccc2o1. The van der Waals surface area contributed by atoms with E-state index >= 15 is 0 Å². The van der Waals surface area contributed by atoms with Gasteiger partial charge in [-0.3, -0.25) is 9.89 Å². The van der Waals surface area contributed by atoms with Gasteiger partial charge in [0.15, 0.2) is 5.58 Å². The third-order valence-corrected chi connectivity index (χ3v) is 3.59. The fraction of sp³-hybridized carbons (Fsp3) is 0.0588. The molecule has 5 heteroatoms. The van der Waals surface area contributed by atoms with Gasteiger partial charge in [0.25, 0.3) is 5.56 Å². The van der Waals surface area contributed by atoms with Crippen LogP contribution in [0, 0.1) is 6.92 Å². The summed E-state index contributed by atoms with van der Waals surface area (Å²) in [7, 11) is 0. The number of nitrogens with zero attached hydrogens (tertiary/aromatic N) is 2. The second-order valence-corrected chi connectivity index (χ2v) is 5.07. The van der Waals surface area contributed by atoms with Gasteiger partial charge in [-0.25, -0.2) is 9.67 Å². The summed E-state index contributed by atoms with van der Waals surface area (Å²) in [6, 6.07) is 16.9. The number of aromatic nitrogens is 3. The maximum absolute atomic E-state index is 12.7. The summed E-state index contributed by atoms with van der Waals surface area (Å²) in [4.78, 5) is 17.1. The van der Waals surface area contributed by atoms with E-state index in [0.29, 0.717) is 17.0 Å². The number of fused-ring (bicyclic) bond motifs is 1. The topological polar surface area (TPSA) is 63.8 Å². The fourth-order valence-corrected chi connectivity index (χ4v) is 2.54. The molecular formula is C17H13N3O2. The standard InChI is InChI=1S/C17H13N3O2/c1-11-15(16-18-13-9-5-6-10-14(13)22-16)17(21)20(19-11)12-7-3-2-4-8-12/h2-10,19H,1H3. The predicted molar refractivity (Wildman–Crippen MR) is 84.1 cm³/mol. The molecule has 2 aromatic carbocycles. The number of benzene rings is 2. The van der Waals surface area contributed by atoms with Crippen LogP contribution >= 0.6 is 0 Å². The lowest BCUT2D eigenvalue weighted by atomic mass is 10.2. The van der Waals surface area contributed by atoms with E-state index in [1.54, 1.807) is 0 Å². The summed E-state index contributed by atoms with van der Waals surface area (Å²) in [6.07, 6.45) is 0. The molecule has 1 N–H and O–H groups in total. The summed E-state index contributed by atoms with van der Waals surface area (Å²) in [5.41, 5.74) is 3.20. The number of hydrogen-bond donors (Lipinski definition) is 1. The largest absolute Gasteiger partial charge is 0.436 e. The molecular weight excluding hydrogens is 278 g/mol. The molecule has 0 aliphatic carbocycles. The summed E-state index contributed by atoms with van der Waals surface area (Å²) < 4.78 is 7.22. The number of para-hydroxylation sites is 3. The molecule has 2 aromatic heterocycles. The fourth-order valence-electron chi connectivity index (χ4n) is 2.54. The molecule has 0 bridgehead atoms. The van der Waals surface area contributed by atoms with Crippen LogP contribution in [0.1, 0.15) is 5.69 Å². The molecule has 4 aromatic rings. The Balaban J connectivity index is 1.93. The maximum atomic E-state index is 12.7. The van der Waals surface area contributed by atoms with E-state index in [4.69, 9.17) is 4.42 Å². The number of nitrogens with one attached hydrogen (secondary N) is 1. The van der Waals surface area contributed by atoms with E-state index < -0.39 is 0 Å². The van der Waals surface area contributed by atoms with Crippen molar-refractivity contribution >= 4 is 11.1 Å². The molecule has 0 aliphatic heterocycles. The molecule has 108 valence electrons. The molecule has 0 saturated carbocycles. The van der Waals surface area contributed by atoms with Gasteiger partial charge in [-0.15, -0.1) is 0 Å². The molecule has 5 nitrogen and oxygen atoms in total. The molecule has 0 unspecified atom stereocenters. The highest BCUT2D eigenvalue weighted by Crippen LogP contribution is 2.24. The van der Waals surface area contributed by atoms with Crippen LogP contribution in [0.25, 0.3) is 28.2 Å². The van der Waals surface area contributed by atoms with Crippen LogP contribution in [-0.4, -0.2) is 14.8 Å². The van der Waals surface area contributed by atoms with Gasteiger partial charge in [0.05, 0.1) is 5.69 Å². The van der Waals surface area contributed by atoms with Gasteiger partial charge >= 0.3 is 0 Å². The van der Waals surface area contributed by atoms with Crippen LogP contribution in [0.5, 0.6) is 0 Å². The third-order valence-electron chi connectivity index (χ3n) is 3.59. The van der Waals surface area contributed by atoms with Gasteiger partial charge in [-0.2, -0.15) is 0 Å². The Morgan fingerprint density at radius 3 is 2.55 bits per heavy atom. The van der Waals surface area contributed by atoms with Crippen LogP contribution in [-0.2, 0) is 0 Å². The normalized spacial score (nSPS) is 11.1. The lowest BCUT2D eigenvalue weighted by molar-refractivity contribution is 0.618. The maximum Gasteiger partial charge on any atom is 0.284 e. The molecule has 4 rings (SSSR count). The van der Waals surface area contributed by atoms with Crippen molar-refractivity contribution in [2.75, 3.05) is 0 Å². The van der Waals surface area contributed by atoms with Crippen molar-refractivity contribution in [2.45, 2.75) is 6.92 Å². The zero-order valence-corrected chi connectivity index (χ0v) is 11.9. The van der Waals surface area contributed by atoms with Crippen molar-refractivity contribution in [1.29, 1.82) is 0 Å². The predicted octanol–water partition coefficient (Wildman–Crippen LogP) is 3.28. The van der Waals surface area contributed by atoms with Crippen LogP contribution in [0.3, 0.4) is 0 Å². The van der Waals surface area contributed by atoms with Crippen LogP contribution in [0.4, 0.5) is 0 Å². The molecule has 0 radical (unpaired) electrons. The molecule has 22 heavy (non-hydrogen) atoms. The monoisotopic (exact) mass is 291 g/mol. The minimum absolute atomic E-state index is 0.171. The van der Waals surface area contributed by atoms with Crippen molar-refractivity contribution in [1.82, 2.24) is 14.8 Å². The Morgan fingerprint density at radius 1 is 1.05 bits per heavy atom. The van der Waals surface area contributed by atoms with Gasteiger partial charge in [-0.05, 0) is 31.2 Å². The van der Waals surface area contributed by atoms with E-state index in [9.17, 15) is 4.79 Å². The Bertz CT molecular complexity index is 976.